The Hall–Kier alpha value is -2.17. The second-order valence-corrected chi connectivity index (χ2v) is 10.1. The molecule has 2 amide bonds. The molecule has 0 unspecified atom stereocenters. The molecular formula is C23H32N4O4S. The summed E-state index contributed by atoms with van der Waals surface area (Å²) in [5.74, 6) is -0.750. The maximum absolute atomic E-state index is 13.1. The SMILES string of the molecule is CC(C)(C)[C@H](N)C(=O)N(CCc1ccc(-c2scnc2CO)cc1)C(=O)[C@@H]1C[C@@H](O)CN1. The molecule has 2 aromatic rings. The van der Waals surface area contributed by atoms with Crippen LogP contribution in [0.3, 0.4) is 0 Å². The van der Waals surface area contributed by atoms with Crippen molar-refractivity contribution in [3.8, 4) is 10.4 Å². The van der Waals surface area contributed by atoms with Crippen molar-refractivity contribution in [1.29, 1.82) is 0 Å². The number of thiazole rings is 1. The molecule has 174 valence electrons. The molecule has 0 bridgehead atoms. The number of hydrogen-bond donors (Lipinski definition) is 4. The lowest BCUT2D eigenvalue weighted by molar-refractivity contribution is -0.148. The molecule has 5 N–H and O–H groups in total. The Morgan fingerprint density at radius 3 is 2.56 bits per heavy atom. The highest BCUT2D eigenvalue weighted by atomic mass is 32.1. The number of hydrogen-bond acceptors (Lipinski definition) is 8. The number of aliphatic hydroxyl groups excluding tert-OH is 2. The van der Waals surface area contributed by atoms with E-state index in [-0.39, 0.29) is 25.5 Å². The number of amides is 2. The number of rotatable bonds is 7. The fourth-order valence-electron chi connectivity index (χ4n) is 3.64. The van der Waals surface area contributed by atoms with Crippen LogP contribution in [-0.2, 0) is 22.6 Å². The van der Waals surface area contributed by atoms with Gasteiger partial charge in [0.05, 0.1) is 40.9 Å². The van der Waals surface area contributed by atoms with Gasteiger partial charge in [-0.25, -0.2) is 4.98 Å². The third kappa shape index (κ3) is 5.60. The van der Waals surface area contributed by atoms with E-state index in [4.69, 9.17) is 5.73 Å². The average molecular weight is 461 g/mol. The van der Waals surface area contributed by atoms with Crippen LogP contribution in [0.1, 0.15) is 38.4 Å². The first-order valence-corrected chi connectivity index (χ1v) is 11.6. The summed E-state index contributed by atoms with van der Waals surface area (Å²) in [4.78, 5) is 32.6. The molecule has 0 aliphatic carbocycles. The number of carbonyl (C=O) groups excluding carboxylic acids is 2. The van der Waals surface area contributed by atoms with E-state index in [0.717, 1.165) is 16.0 Å². The van der Waals surface area contributed by atoms with Gasteiger partial charge < -0.3 is 21.3 Å². The first kappa shape index (κ1) is 24.5. The van der Waals surface area contributed by atoms with E-state index in [1.807, 2.05) is 45.0 Å². The van der Waals surface area contributed by atoms with Crippen LogP contribution in [-0.4, -0.2) is 63.2 Å². The third-order valence-corrected chi connectivity index (χ3v) is 6.69. The first-order chi connectivity index (χ1) is 15.1. The quantitative estimate of drug-likeness (QED) is 0.490. The molecule has 1 aromatic heterocycles. The second-order valence-electron chi connectivity index (χ2n) is 9.26. The Bertz CT molecular complexity index is 938. The zero-order valence-corrected chi connectivity index (χ0v) is 19.6. The molecule has 3 rings (SSSR count). The van der Waals surface area contributed by atoms with Gasteiger partial charge in [-0.15, -0.1) is 11.3 Å². The minimum Gasteiger partial charge on any atom is -0.392 e. The topological polar surface area (TPSA) is 129 Å². The number of β-amino-alcohol motifs (C(OH)–C–C–N with tert-alkyl or cyclic N) is 1. The predicted molar refractivity (Wildman–Crippen MR) is 124 cm³/mol. The van der Waals surface area contributed by atoms with Gasteiger partial charge >= 0.3 is 0 Å². The van der Waals surface area contributed by atoms with E-state index < -0.39 is 29.5 Å². The second kappa shape index (κ2) is 10.2. The molecular weight excluding hydrogens is 428 g/mol. The zero-order valence-electron chi connectivity index (χ0n) is 18.7. The average Bonchev–Trinajstić information content (AvgIpc) is 3.41. The zero-order chi connectivity index (χ0) is 23.5. The summed E-state index contributed by atoms with van der Waals surface area (Å²) in [7, 11) is 0. The van der Waals surface area contributed by atoms with Gasteiger partial charge in [0.1, 0.15) is 0 Å². The summed E-state index contributed by atoms with van der Waals surface area (Å²) in [5, 5.41) is 22.2. The Labute approximate surface area is 192 Å². The van der Waals surface area contributed by atoms with E-state index >= 15 is 0 Å². The Morgan fingerprint density at radius 2 is 2.00 bits per heavy atom. The van der Waals surface area contributed by atoms with Crippen LogP contribution in [0.2, 0.25) is 0 Å². The molecule has 0 saturated carbocycles. The smallest absolute Gasteiger partial charge is 0.246 e. The molecule has 0 radical (unpaired) electrons. The summed E-state index contributed by atoms with van der Waals surface area (Å²) >= 11 is 1.47. The largest absolute Gasteiger partial charge is 0.392 e. The molecule has 32 heavy (non-hydrogen) atoms. The lowest BCUT2D eigenvalue weighted by atomic mass is 9.86. The van der Waals surface area contributed by atoms with E-state index in [2.05, 4.69) is 10.3 Å². The molecule has 8 nitrogen and oxygen atoms in total. The fraction of sp³-hybridized carbons (Fsp3) is 0.522. The number of aliphatic hydroxyl groups is 2. The lowest BCUT2D eigenvalue weighted by Crippen LogP contribution is -2.56. The molecule has 9 heteroatoms. The summed E-state index contributed by atoms with van der Waals surface area (Å²) in [5.41, 5.74) is 9.99. The van der Waals surface area contributed by atoms with Crippen molar-refractivity contribution in [2.45, 2.75) is 58.4 Å². The Kier molecular flexibility index (Phi) is 7.79. The molecule has 3 atom stereocenters. The normalized spacial score (nSPS) is 19.7. The van der Waals surface area contributed by atoms with Gasteiger partial charge in [0.2, 0.25) is 11.8 Å². The molecule has 1 aromatic carbocycles. The maximum atomic E-state index is 13.1. The Balaban J connectivity index is 1.74. The van der Waals surface area contributed by atoms with Crippen molar-refractivity contribution in [2.75, 3.05) is 13.1 Å². The van der Waals surface area contributed by atoms with Gasteiger partial charge in [-0.3, -0.25) is 14.5 Å². The molecule has 1 aliphatic heterocycles. The van der Waals surface area contributed by atoms with Crippen LogP contribution in [0, 0.1) is 5.41 Å². The minimum atomic E-state index is -0.816. The number of benzene rings is 1. The van der Waals surface area contributed by atoms with Gasteiger partial charge in [0.15, 0.2) is 0 Å². The summed E-state index contributed by atoms with van der Waals surface area (Å²) in [6.07, 6.45) is 0.170. The number of nitrogens with one attached hydrogen (secondary N) is 1. The fourth-order valence-corrected chi connectivity index (χ4v) is 4.45. The molecule has 1 aliphatic rings. The third-order valence-electron chi connectivity index (χ3n) is 5.77. The van der Waals surface area contributed by atoms with Crippen LogP contribution in [0.4, 0.5) is 0 Å². The van der Waals surface area contributed by atoms with Crippen LogP contribution >= 0.6 is 11.3 Å². The van der Waals surface area contributed by atoms with Gasteiger partial charge in [0, 0.05) is 13.1 Å². The number of carbonyl (C=O) groups is 2. The van der Waals surface area contributed by atoms with Crippen molar-refractivity contribution < 1.29 is 19.8 Å². The summed E-state index contributed by atoms with van der Waals surface area (Å²) < 4.78 is 0. The van der Waals surface area contributed by atoms with Crippen LogP contribution < -0.4 is 11.1 Å². The van der Waals surface area contributed by atoms with Gasteiger partial charge in [-0.2, -0.15) is 0 Å². The van der Waals surface area contributed by atoms with E-state index in [1.165, 1.54) is 16.2 Å². The van der Waals surface area contributed by atoms with Crippen LogP contribution in [0.15, 0.2) is 29.8 Å². The number of imide groups is 1. The van der Waals surface area contributed by atoms with E-state index in [1.54, 1.807) is 5.51 Å². The van der Waals surface area contributed by atoms with Crippen molar-refractivity contribution in [3.05, 3.63) is 41.0 Å². The highest BCUT2D eigenvalue weighted by Gasteiger charge is 2.38. The van der Waals surface area contributed by atoms with Gasteiger partial charge in [-0.05, 0) is 29.4 Å². The number of aromatic nitrogens is 1. The molecule has 0 spiro atoms. The predicted octanol–water partition coefficient (Wildman–Crippen LogP) is 1.30. The summed E-state index contributed by atoms with van der Waals surface area (Å²) in [6, 6.07) is 6.39. The highest BCUT2D eigenvalue weighted by Crippen LogP contribution is 2.28. The molecule has 1 fully saturated rings. The molecule has 2 heterocycles. The number of nitrogens with zero attached hydrogens (tertiary/aromatic N) is 2. The van der Waals surface area contributed by atoms with Gasteiger partial charge in [0.25, 0.3) is 0 Å². The monoisotopic (exact) mass is 460 g/mol. The maximum Gasteiger partial charge on any atom is 0.246 e. The van der Waals surface area contributed by atoms with E-state index in [9.17, 15) is 19.8 Å². The highest BCUT2D eigenvalue weighted by molar-refractivity contribution is 7.13. The van der Waals surface area contributed by atoms with Crippen LogP contribution in [0.5, 0.6) is 0 Å². The Morgan fingerprint density at radius 1 is 1.31 bits per heavy atom. The summed E-state index contributed by atoms with van der Waals surface area (Å²) in [6.45, 7) is 6.03. The first-order valence-electron chi connectivity index (χ1n) is 10.8. The van der Waals surface area contributed by atoms with Crippen molar-refractivity contribution >= 4 is 23.2 Å². The van der Waals surface area contributed by atoms with Crippen molar-refractivity contribution in [3.63, 3.8) is 0 Å². The minimum absolute atomic E-state index is 0.113. The van der Waals surface area contributed by atoms with E-state index in [0.29, 0.717) is 18.7 Å². The lowest BCUT2D eigenvalue weighted by Gasteiger charge is -2.32. The number of nitrogens with two attached hydrogens (primary N) is 1. The van der Waals surface area contributed by atoms with Gasteiger partial charge in [-0.1, -0.05) is 45.0 Å². The molecule has 1 saturated heterocycles. The van der Waals surface area contributed by atoms with Crippen molar-refractivity contribution in [1.82, 2.24) is 15.2 Å². The van der Waals surface area contributed by atoms with Crippen molar-refractivity contribution in [2.24, 2.45) is 11.1 Å². The van der Waals surface area contributed by atoms with Crippen LogP contribution in [0.25, 0.3) is 10.4 Å². The standard InChI is InChI=1S/C23H32N4O4S/c1-23(2,3)20(24)22(31)27(21(30)17-10-16(29)11-25-17)9-8-14-4-6-15(7-5-14)19-18(12-28)26-13-32-19/h4-7,13,16-17,20,25,28-29H,8-12,24H2,1-3H3/t16-,17+,20-/m1/s1.